The lowest BCUT2D eigenvalue weighted by atomic mass is 10.3. The van der Waals surface area contributed by atoms with E-state index in [0.29, 0.717) is 23.2 Å². The van der Waals surface area contributed by atoms with Crippen molar-refractivity contribution in [1.29, 1.82) is 0 Å². The predicted molar refractivity (Wildman–Crippen MR) is 85.9 cm³/mol. The molecule has 1 aliphatic heterocycles. The SMILES string of the molecule is COc1ccc(-n2nnc3cnc(N[C@H]4CCNC4)nc32)cc1. The van der Waals surface area contributed by atoms with Crippen LogP contribution in [0, 0.1) is 0 Å². The van der Waals surface area contributed by atoms with Crippen LogP contribution in [0.2, 0.25) is 0 Å². The molecule has 0 unspecified atom stereocenters. The molecule has 0 bridgehead atoms. The minimum Gasteiger partial charge on any atom is -0.497 e. The normalized spacial score (nSPS) is 17.5. The zero-order valence-electron chi connectivity index (χ0n) is 12.7. The van der Waals surface area contributed by atoms with Crippen LogP contribution in [0.15, 0.2) is 30.5 Å². The molecule has 1 atom stereocenters. The van der Waals surface area contributed by atoms with Crippen LogP contribution in [0.4, 0.5) is 5.95 Å². The van der Waals surface area contributed by atoms with Gasteiger partial charge in [0.2, 0.25) is 5.95 Å². The average Bonchev–Trinajstić information content (AvgIpc) is 3.24. The highest BCUT2D eigenvalue weighted by Crippen LogP contribution is 2.18. The third kappa shape index (κ3) is 2.68. The van der Waals surface area contributed by atoms with E-state index in [2.05, 4.69) is 30.9 Å². The van der Waals surface area contributed by atoms with Crippen LogP contribution in [-0.2, 0) is 0 Å². The molecule has 8 nitrogen and oxygen atoms in total. The first-order chi connectivity index (χ1) is 11.3. The number of benzene rings is 1. The summed E-state index contributed by atoms with van der Waals surface area (Å²) < 4.78 is 6.88. The lowest BCUT2D eigenvalue weighted by molar-refractivity contribution is 0.414. The lowest BCUT2D eigenvalue weighted by Crippen LogP contribution is -2.23. The van der Waals surface area contributed by atoms with Crippen molar-refractivity contribution in [2.24, 2.45) is 0 Å². The molecule has 0 amide bonds. The third-order valence-electron chi connectivity index (χ3n) is 3.90. The maximum atomic E-state index is 5.18. The largest absolute Gasteiger partial charge is 0.497 e. The van der Waals surface area contributed by atoms with Gasteiger partial charge in [0, 0.05) is 12.6 Å². The van der Waals surface area contributed by atoms with Gasteiger partial charge in [0.25, 0.3) is 0 Å². The molecular weight excluding hydrogens is 294 g/mol. The molecule has 3 aromatic rings. The van der Waals surface area contributed by atoms with Crippen molar-refractivity contribution in [2.45, 2.75) is 12.5 Å². The molecule has 1 fully saturated rings. The summed E-state index contributed by atoms with van der Waals surface area (Å²) in [6, 6.07) is 7.96. The summed E-state index contributed by atoms with van der Waals surface area (Å²) in [4.78, 5) is 8.89. The topological polar surface area (TPSA) is 89.8 Å². The third-order valence-corrected chi connectivity index (χ3v) is 3.90. The molecular formula is C15H17N7O. The predicted octanol–water partition coefficient (Wildman–Crippen LogP) is 0.993. The van der Waals surface area contributed by atoms with Crippen molar-refractivity contribution in [3.05, 3.63) is 30.5 Å². The maximum Gasteiger partial charge on any atom is 0.225 e. The molecule has 1 saturated heterocycles. The molecule has 2 aromatic heterocycles. The summed E-state index contributed by atoms with van der Waals surface area (Å²) in [6.07, 6.45) is 2.76. The molecule has 0 spiro atoms. The van der Waals surface area contributed by atoms with Gasteiger partial charge in [-0.15, -0.1) is 5.10 Å². The van der Waals surface area contributed by atoms with E-state index in [1.807, 2.05) is 24.3 Å². The number of nitrogens with zero attached hydrogens (tertiary/aromatic N) is 5. The molecule has 1 aromatic carbocycles. The molecule has 2 N–H and O–H groups in total. The molecule has 1 aliphatic rings. The molecule has 0 radical (unpaired) electrons. The Morgan fingerprint density at radius 1 is 1.30 bits per heavy atom. The Morgan fingerprint density at radius 3 is 2.91 bits per heavy atom. The van der Waals surface area contributed by atoms with E-state index in [1.54, 1.807) is 18.0 Å². The van der Waals surface area contributed by atoms with Crippen LogP contribution >= 0.6 is 0 Å². The zero-order chi connectivity index (χ0) is 15.6. The number of methoxy groups -OCH3 is 1. The second-order valence-electron chi connectivity index (χ2n) is 5.44. The van der Waals surface area contributed by atoms with E-state index in [1.165, 1.54) is 0 Å². The van der Waals surface area contributed by atoms with E-state index in [9.17, 15) is 0 Å². The number of anilines is 1. The highest BCUT2D eigenvalue weighted by atomic mass is 16.5. The molecule has 0 saturated carbocycles. The van der Waals surface area contributed by atoms with Gasteiger partial charge in [0.15, 0.2) is 11.2 Å². The van der Waals surface area contributed by atoms with Crippen molar-refractivity contribution in [2.75, 3.05) is 25.5 Å². The van der Waals surface area contributed by atoms with E-state index in [-0.39, 0.29) is 0 Å². The summed E-state index contributed by atoms with van der Waals surface area (Å²) in [5.74, 6) is 1.40. The molecule has 4 rings (SSSR count). The fraction of sp³-hybridized carbons (Fsp3) is 0.333. The van der Waals surface area contributed by atoms with Crippen LogP contribution < -0.4 is 15.4 Å². The second kappa shape index (κ2) is 5.81. The number of rotatable bonds is 4. The number of aromatic nitrogens is 5. The van der Waals surface area contributed by atoms with Crippen molar-refractivity contribution in [1.82, 2.24) is 30.3 Å². The van der Waals surface area contributed by atoms with Crippen LogP contribution in [-0.4, -0.2) is 51.2 Å². The van der Waals surface area contributed by atoms with E-state index < -0.39 is 0 Å². The van der Waals surface area contributed by atoms with Crippen LogP contribution in [0.5, 0.6) is 5.75 Å². The lowest BCUT2D eigenvalue weighted by Gasteiger charge is -2.10. The first kappa shape index (κ1) is 13.9. The summed E-state index contributed by atoms with van der Waals surface area (Å²) in [5.41, 5.74) is 2.22. The van der Waals surface area contributed by atoms with Gasteiger partial charge in [-0.1, -0.05) is 5.21 Å². The van der Waals surface area contributed by atoms with Gasteiger partial charge in [-0.2, -0.15) is 9.67 Å². The van der Waals surface area contributed by atoms with E-state index >= 15 is 0 Å². The fourth-order valence-corrected chi connectivity index (χ4v) is 2.66. The van der Waals surface area contributed by atoms with Crippen molar-refractivity contribution in [3.8, 4) is 11.4 Å². The average molecular weight is 311 g/mol. The fourth-order valence-electron chi connectivity index (χ4n) is 2.66. The number of hydrogen-bond acceptors (Lipinski definition) is 7. The van der Waals surface area contributed by atoms with Gasteiger partial charge < -0.3 is 15.4 Å². The van der Waals surface area contributed by atoms with Gasteiger partial charge in [-0.25, -0.2) is 4.98 Å². The minimum absolute atomic E-state index is 0.359. The van der Waals surface area contributed by atoms with Crippen LogP contribution in [0.1, 0.15) is 6.42 Å². The maximum absolute atomic E-state index is 5.18. The Balaban J connectivity index is 1.68. The summed E-state index contributed by atoms with van der Waals surface area (Å²) >= 11 is 0. The summed E-state index contributed by atoms with van der Waals surface area (Å²) in [5, 5.41) is 15.0. The van der Waals surface area contributed by atoms with Crippen LogP contribution in [0.3, 0.4) is 0 Å². The molecule has 118 valence electrons. The van der Waals surface area contributed by atoms with E-state index in [4.69, 9.17) is 4.74 Å². The first-order valence-electron chi connectivity index (χ1n) is 7.53. The van der Waals surface area contributed by atoms with Gasteiger partial charge in [-0.05, 0) is 37.2 Å². The Hall–Kier alpha value is -2.74. The second-order valence-corrected chi connectivity index (χ2v) is 5.44. The Labute approximate surface area is 132 Å². The molecule has 0 aliphatic carbocycles. The highest BCUT2D eigenvalue weighted by molar-refractivity contribution is 5.72. The molecule has 3 heterocycles. The monoisotopic (exact) mass is 311 g/mol. The number of nitrogens with one attached hydrogen (secondary N) is 2. The first-order valence-corrected chi connectivity index (χ1v) is 7.53. The van der Waals surface area contributed by atoms with Crippen LogP contribution in [0.25, 0.3) is 16.9 Å². The Bertz CT molecular complexity index is 808. The smallest absolute Gasteiger partial charge is 0.225 e. The quantitative estimate of drug-likeness (QED) is 0.742. The summed E-state index contributed by atoms with van der Waals surface area (Å²) in [6.45, 7) is 1.95. The standard InChI is InChI=1S/C15H17N7O/c1-23-12-4-2-11(3-5-12)22-14-13(20-21-22)9-17-15(19-14)18-10-6-7-16-8-10/h2-5,9-10,16H,6-8H2,1H3,(H,17,18,19)/t10-/m0/s1. The minimum atomic E-state index is 0.359. The van der Waals surface area contributed by atoms with Gasteiger partial charge in [-0.3, -0.25) is 0 Å². The van der Waals surface area contributed by atoms with Gasteiger partial charge >= 0.3 is 0 Å². The zero-order valence-corrected chi connectivity index (χ0v) is 12.7. The van der Waals surface area contributed by atoms with Crippen molar-refractivity contribution < 1.29 is 4.74 Å². The number of hydrogen-bond donors (Lipinski definition) is 2. The molecule has 23 heavy (non-hydrogen) atoms. The van der Waals surface area contributed by atoms with Crippen molar-refractivity contribution in [3.63, 3.8) is 0 Å². The summed E-state index contributed by atoms with van der Waals surface area (Å²) in [7, 11) is 1.64. The van der Waals surface area contributed by atoms with Crippen molar-refractivity contribution >= 4 is 17.1 Å². The molecule has 8 heteroatoms. The Kier molecular flexibility index (Phi) is 3.51. The Morgan fingerprint density at radius 2 is 2.17 bits per heavy atom. The van der Waals surface area contributed by atoms with E-state index in [0.717, 1.165) is 30.9 Å². The van der Waals surface area contributed by atoms with Gasteiger partial charge in [0.05, 0.1) is 19.0 Å². The number of ether oxygens (including phenoxy) is 1. The highest BCUT2D eigenvalue weighted by Gasteiger charge is 2.16. The number of fused-ring (bicyclic) bond motifs is 1. The van der Waals surface area contributed by atoms with Gasteiger partial charge in [0.1, 0.15) is 5.75 Å².